The van der Waals surface area contributed by atoms with Crippen molar-refractivity contribution >= 4 is 40.2 Å². The molecule has 204 valence electrons. The fourth-order valence-corrected chi connectivity index (χ4v) is 4.94. The Balaban J connectivity index is 1.40. The third kappa shape index (κ3) is 6.66. The number of para-hydroxylation sites is 2. The van der Waals surface area contributed by atoms with Gasteiger partial charge in [0, 0.05) is 40.6 Å². The van der Waals surface area contributed by atoms with E-state index in [1.807, 2.05) is 35.0 Å². The summed E-state index contributed by atoms with van der Waals surface area (Å²) in [7, 11) is 3.02. The minimum absolute atomic E-state index is 0.0732. The molecule has 4 rings (SSSR count). The number of alkyl halides is 3. The summed E-state index contributed by atoms with van der Waals surface area (Å²) in [4.78, 5) is 26.0. The Kier molecular flexibility index (Phi) is 8.70. The number of halogens is 3. The van der Waals surface area contributed by atoms with Gasteiger partial charge in [-0.1, -0.05) is 30.3 Å². The molecule has 0 atom stereocenters. The summed E-state index contributed by atoms with van der Waals surface area (Å²) in [6.07, 6.45) is -2.70. The average Bonchev–Trinajstić information content (AvgIpc) is 3.28. The lowest BCUT2D eigenvalue weighted by atomic mass is 10.1. The molecule has 0 aliphatic carbocycles. The van der Waals surface area contributed by atoms with Crippen LogP contribution in [0.2, 0.25) is 0 Å². The maximum atomic E-state index is 13.2. The number of hydrogen-bond donors (Lipinski definition) is 2. The van der Waals surface area contributed by atoms with Gasteiger partial charge in [-0.05, 0) is 36.4 Å². The van der Waals surface area contributed by atoms with Gasteiger partial charge in [-0.15, -0.1) is 11.8 Å². The number of nitrogens with zero attached hydrogens (tertiary/aromatic N) is 1. The first-order chi connectivity index (χ1) is 18.7. The maximum Gasteiger partial charge on any atom is 0.418 e. The van der Waals surface area contributed by atoms with Gasteiger partial charge in [0.25, 0.3) is 5.91 Å². The molecule has 4 aromatic rings. The molecule has 0 unspecified atom stereocenters. The summed E-state index contributed by atoms with van der Waals surface area (Å²) in [6, 6.07) is 17.4. The second kappa shape index (κ2) is 12.2. The molecule has 0 aliphatic heterocycles. The molecule has 0 spiro atoms. The van der Waals surface area contributed by atoms with Crippen LogP contribution in [0.5, 0.6) is 11.5 Å². The molecule has 3 aromatic carbocycles. The Morgan fingerprint density at radius 2 is 1.67 bits per heavy atom. The molecule has 7 nitrogen and oxygen atoms in total. The standard InChI is InChI=1S/C28H26F3N3O4S/c1-37-23-12-11-18(15-24(23)38-2)27(36)32-13-14-34-16-25(19-7-3-6-10-22(19)34)39-17-26(35)33-21-9-5-4-8-20(21)28(29,30)31/h3-12,15-16H,13-14,17H2,1-2H3,(H,32,36)(H,33,35). The van der Waals surface area contributed by atoms with Crippen LogP contribution in [-0.2, 0) is 17.5 Å². The van der Waals surface area contributed by atoms with Gasteiger partial charge in [0.2, 0.25) is 5.91 Å². The average molecular weight is 558 g/mol. The Morgan fingerprint density at radius 1 is 0.949 bits per heavy atom. The van der Waals surface area contributed by atoms with E-state index in [-0.39, 0.29) is 17.3 Å². The van der Waals surface area contributed by atoms with Crippen LogP contribution in [0.25, 0.3) is 10.9 Å². The van der Waals surface area contributed by atoms with Crippen LogP contribution in [0.3, 0.4) is 0 Å². The van der Waals surface area contributed by atoms with E-state index in [0.717, 1.165) is 21.9 Å². The number of amides is 2. The topological polar surface area (TPSA) is 81.6 Å². The Hall–Kier alpha value is -4.12. The Morgan fingerprint density at radius 3 is 2.41 bits per heavy atom. The van der Waals surface area contributed by atoms with E-state index < -0.39 is 17.6 Å². The molecular weight excluding hydrogens is 531 g/mol. The molecule has 1 aromatic heterocycles. The predicted octanol–water partition coefficient (Wildman–Crippen LogP) is 5.84. The number of thioether (sulfide) groups is 1. The molecule has 0 aliphatic rings. The minimum atomic E-state index is -4.57. The molecule has 11 heteroatoms. The number of hydrogen-bond acceptors (Lipinski definition) is 5. The van der Waals surface area contributed by atoms with Gasteiger partial charge in [-0.2, -0.15) is 13.2 Å². The van der Waals surface area contributed by atoms with Gasteiger partial charge in [-0.3, -0.25) is 9.59 Å². The number of rotatable bonds is 10. The summed E-state index contributed by atoms with van der Waals surface area (Å²) in [5.41, 5.74) is 0.167. The van der Waals surface area contributed by atoms with E-state index in [1.165, 1.54) is 44.2 Å². The monoisotopic (exact) mass is 557 g/mol. The van der Waals surface area contributed by atoms with Gasteiger partial charge in [0.15, 0.2) is 11.5 Å². The summed E-state index contributed by atoms with van der Waals surface area (Å²) in [5.74, 6) is 0.0924. The van der Waals surface area contributed by atoms with Crippen molar-refractivity contribution in [2.75, 3.05) is 31.8 Å². The summed E-state index contributed by atoms with van der Waals surface area (Å²) in [6.45, 7) is 0.802. The molecule has 0 radical (unpaired) electrons. The number of carbonyl (C=O) groups is 2. The third-order valence-corrected chi connectivity index (χ3v) is 6.94. The Labute approximate surface area is 227 Å². The van der Waals surface area contributed by atoms with E-state index in [0.29, 0.717) is 30.2 Å². The van der Waals surface area contributed by atoms with Crippen molar-refractivity contribution in [1.82, 2.24) is 9.88 Å². The van der Waals surface area contributed by atoms with Crippen molar-refractivity contribution in [3.8, 4) is 11.5 Å². The quantitative estimate of drug-likeness (QED) is 0.240. The molecule has 0 saturated carbocycles. The van der Waals surface area contributed by atoms with Gasteiger partial charge >= 0.3 is 6.18 Å². The summed E-state index contributed by atoms with van der Waals surface area (Å²) >= 11 is 1.23. The second-order valence-corrected chi connectivity index (χ2v) is 9.43. The van der Waals surface area contributed by atoms with Crippen LogP contribution < -0.4 is 20.1 Å². The highest BCUT2D eigenvalue weighted by Crippen LogP contribution is 2.35. The van der Waals surface area contributed by atoms with Crippen molar-refractivity contribution < 1.29 is 32.2 Å². The van der Waals surface area contributed by atoms with E-state index in [1.54, 1.807) is 18.2 Å². The second-order valence-electron chi connectivity index (χ2n) is 8.41. The Bertz CT molecular complexity index is 1490. The zero-order valence-corrected chi connectivity index (χ0v) is 22.0. The molecule has 2 N–H and O–H groups in total. The molecule has 1 heterocycles. The number of carbonyl (C=O) groups excluding carboxylic acids is 2. The molecular formula is C28H26F3N3O4S. The molecule has 0 saturated heterocycles. The van der Waals surface area contributed by atoms with E-state index in [4.69, 9.17) is 9.47 Å². The van der Waals surface area contributed by atoms with Gasteiger partial charge in [0.05, 0.1) is 31.2 Å². The van der Waals surface area contributed by atoms with Crippen molar-refractivity contribution in [2.45, 2.75) is 17.6 Å². The fourth-order valence-electron chi connectivity index (χ4n) is 4.05. The highest BCUT2D eigenvalue weighted by molar-refractivity contribution is 8.00. The highest BCUT2D eigenvalue weighted by Gasteiger charge is 2.33. The first-order valence-corrected chi connectivity index (χ1v) is 12.9. The highest BCUT2D eigenvalue weighted by atomic mass is 32.2. The molecule has 39 heavy (non-hydrogen) atoms. The fraction of sp³-hybridized carbons (Fsp3) is 0.214. The number of nitrogens with one attached hydrogen (secondary N) is 2. The van der Waals surface area contributed by atoms with E-state index >= 15 is 0 Å². The molecule has 0 bridgehead atoms. The van der Waals surface area contributed by atoms with Crippen LogP contribution >= 0.6 is 11.8 Å². The van der Waals surface area contributed by atoms with E-state index in [9.17, 15) is 22.8 Å². The lowest BCUT2D eigenvalue weighted by Gasteiger charge is -2.13. The lowest BCUT2D eigenvalue weighted by Crippen LogP contribution is -2.27. The molecule has 0 fully saturated rings. The largest absolute Gasteiger partial charge is 0.493 e. The van der Waals surface area contributed by atoms with E-state index in [2.05, 4.69) is 10.6 Å². The first-order valence-electron chi connectivity index (χ1n) is 11.9. The minimum Gasteiger partial charge on any atom is -0.493 e. The van der Waals surface area contributed by atoms with Crippen molar-refractivity contribution in [3.05, 3.63) is 84.1 Å². The van der Waals surface area contributed by atoms with Gasteiger partial charge in [0.1, 0.15) is 0 Å². The van der Waals surface area contributed by atoms with Gasteiger partial charge in [-0.25, -0.2) is 0 Å². The van der Waals surface area contributed by atoms with Crippen LogP contribution in [0.4, 0.5) is 18.9 Å². The summed E-state index contributed by atoms with van der Waals surface area (Å²) < 4.78 is 52.2. The van der Waals surface area contributed by atoms with Crippen LogP contribution in [0.15, 0.2) is 77.8 Å². The zero-order valence-electron chi connectivity index (χ0n) is 21.2. The normalized spacial score (nSPS) is 11.3. The predicted molar refractivity (Wildman–Crippen MR) is 145 cm³/mol. The first kappa shape index (κ1) is 27.9. The summed E-state index contributed by atoms with van der Waals surface area (Å²) in [5, 5.41) is 6.16. The maximum absolute atomic E-state index is 13.2. The number of methoxy groups -OCH3 is 2. The number of benzene rings is 3. The van der Waals surface area contributed by atoms with Crippen LogP contribution in [0.1, 0.15) is 15.9 Å². The van der Waals surface area contributed by atoms with Gasteiger partial charge < -0.3 is 24.7 Å². The lowest BCUT2D eigenvalue weighted by molar-refractivity contribution is -0.137. The van der Waals surface area contributed by atoms with Crippen LogP contribution in [-0.4, -0.2) is 42.9 Å². The van der Waals surface area contributed by atoms with Crippen LogP contribution in [0, 0.1) is 0 Å². The van der Waals surface area contributed by atoms with Crippen molar-refractivity contribution in [1.29, 1.82) is 0 Å². The number of anilines is 1. The number of aromatic nitrogens is 1. The van der Waals surface area contributed by atoms with Crippen molar-refractivity contribution in [3.63, 3.8) is 0 Å². The third-order valence-electron chi connectivity index (χ3n) is 5.90. The number of fused-ring (bicyclic) bond motifs is 1. The number of ether oxygens (including phenoxy) is 2. The molecule has 2 amide bonds. The smallest absolute Gasteiger partial charge is 0.418 e. The SMILES string of the molecule is COc1ccc(C(=O)NCCn2cc(SCC(=O)Nc3ccccc3C(F)(F)F)c3ccccc32)cc1OC. The van der Waals surface area contributed by atoms with Crippen molar-refractivity contribution in [2.24, 2.45) is 0 Å². The zero-order chi connectivity index (χ0) is 28.0.